The fourth-order valence-electron chi connectivity index (χ4n) is 1.44. The molecular weight excluding hydrogens is 202 g/mol. The summed E-state index contributed by atoms with van der Waals surface area (Å²) in [4.78, 5) is 13.2. The molecule has 0 bridgehead atoms. The van der Waals surface area contributed by atoms with Gasteiger partial charge < -0.3 is 9.64 Å². The Morgan fingerprint density at radius 2 is 2.19 bits per heavy atom. The Morgan fingerprint density at radius 3 is 2.75 bits per heavy atom. The van der Waals surface area contributed by atoms with Crippen molar-refractivity contribution in [2.75, 3.05) is 14.2 Å². The average Bonchev–Trinajstić information content (AvgIpc) is 2.28. The molecule has 0 aliphatic rings. The van der Waals surface area contributed by atoms with Crippen molar-refractivity contribution in [3.05, 3.63) is 42.0 Å². The quantitative estimate of drug-likeness (QED) is 0.727. The van der Waals surface area contributed by atoms with Crippen molar-refractivity contribution in [1.29, 1.82) is 0 Å². The molecule has 1 aromatic carbocycles. The first kappa shape index (κ1) is 12.3. The lowest BCUT2D eigenvalue weighted by Crippen LogP contribution is -2.26. The van der Waals surface area contributed by atoms with E-state index in [4.69, 9.17) is 4.74 Å². The van der Waals surface area contributed by atoms with Crippen LogP contribution in [0.4, 0.5) is 0 Å². The summed E-state index contributed by atoms with van der Waals surface area (Å²) in [5, 5.41) is 0. The van der Waals surface area contributed by atoms with Gasteiger partial charge in [-0.1, -0.05) is 18.7 Å². The van der Waals surface area contributed by atoms with Gasteiger partial charge in [0.2, 0.25) is 5.91 Å². The molecule has 1 amide bonds. The number of hydrogen-bond donors (Lipinski definition) is 0. The molecule has 0 aliphatic carbocycles. The zero-order valence-electron chi connectivity index (χ0n) is 9.99. The van der Waals surface area contributed by atoms with Crippen LogP contribution in [0.5, 0.6) is 5.75 Å². The van der Waals surface area contributed by atoms with Crippen LogP contribution in [-0.2, 0) is 11.3 Å². The minimum absolute atomic E-state index is 0.0391. The minimum atomic E-state index is -0.0391. The molecule has 0 atom stereocenters. The van der Waals surface area contributed by atoms with Gasteiger partial charge in [0.1, 0.15) is 5.75 Å². The Hall–Kier alpha value is -1.77. The molecule has 0 spiro atoms. The monoisotopic (exact) mass is 219 g/mol. The molecule has 0 heterocycles. The van der Waals surface area contributed by atoms with Crippen molar-refractivity contribution in [3.8, 4) is 5.75 Å². The molecule has 0 saturated carbocycles. The van der Waals surface area contributed by atoms with Crippen molar-refractivity contribution >= 4 is 5.91 Å². The first-order chi connectivity index (χ1) is 7.54. The summed E-state index contributed by atoms with van der Waals surface area (Å²) in [6.07, 6.45) is 0. The van der Waals surface area contributed by atoms with Gasteiger partial charge in [0.25, 0.3) is 0 Å². The van der Waals surface area contributed by atoms with E-state index in [9.17, 15) is 4.79 Å². The van der Waals surface area contributed by atoms with Crippen LogP contribution in [0.25, 0.3) is 0 Å². The number of rotatable bonds is 4. The Bertz CT molecular complexity index is 399. The lowest BCUT2D eigenvalue weighted by atomic mass is 10.2. The van der Waals surface area contributed by atoms with E-state index in [2.05, 4.69) is 6.58 Å². The molecule has 1 rings (SSSR count). The van der Waals surface area contributed by atoms with E-state index in [0.717, 1.165) is 11.3 Å². The third-order valence-corrected chi connectivity index (χ3v) is 2.27. The van der Waals surface area contributed by atoms with Gasteiger partial charge in [0.05, 0.1) is 7.11 Å². The summed E-state index contributed by atoms with van der Waals surface area (Å²) in [6, 6.07) is 7.67. The van der Waals surface area contributed by atoms with Crippen LogP contribution >= 0.6 is 0 Å². The zero-order valence-corrected chi connectivity index (χ0v) is 9.99. The van der Waals surface area contributed by atoms with Gasteiger partial charge in [0, 0.05) is 19.2 Å². The first-order valence-electron chi connectivity index (χ1n) is 5.08. The summed E-state index contributed by atoms with van der Waals surface area (Å²) in [6.45, 7) is 5.91. The van der Waals surface area contributed by atoms with Crippen LogP contribution in [0.2, 0.25) is 0 Å². The summed E-state index contributed by atoms with van der Waals surface area (Å²) in [5.74, 6) is 0.761. The van der Waals surface area contributed by atoms with Crippen molar-refractivity contribution in [3.63, 3.8) is 0 Å². The van der Waals surface area contributed by atoms with Crippen LogP contribution in [0.15, 0.2) is 36.4 Å². The number of carbonyl (C=O) groups excluding carboxylic acids is 1. The van der Waals surface area contributed by atoms with Crippen LogP contribution < -0.4 is 4.74 Å². The average molecular weight is 219 g/mol. The normalized spacial score (nSPS) is 9.69. The molecule has 86 valence electrons. The van der Waals surface area contributed by atoms with E-state index in [0.29, 0.717) is 12.1 Å². The maximum atomic E-state index is 11.6. The summed E-state index contributed by atoms with van der Waals surface area (Å²) < 4.78 is 5.12. The van der Waals surface area contributed by atoms with Crippen LogP contribution in [0.1, 0.15) is 12.5 Å². The Labute approximate surface area is 96.3 Å². The predicted molar refractivity (Wildman–Crippen MR) is 64.3 cm³/mol. The Balaban J connectivity index is 2.72. The molecular formula is C13H17NO2. The van der Waals surface area contributed by atoms with Gasteiger partial charge >= 0.3 is 0 Å². The van der Waals surface area contributed by atoms with Crippen LogP contribution in [-0.4, -0.2) is 25.0 Å². The van der Waals surface area contributed by atoms with E-state index < -0.39 is 0 Å². The fourth-order valence-corrected chi connectivity index (χ4v) is 1.44. The van der Waals surface area contributed by atoms with E-state index in [1.807, 2.05) is 24.3 Å². The van der Waals surface area contributed by atoms with E-state index in [1.54, 1.807) is 26.0 Å². The highest BCUT2D eigenvalue weighted by atomic mass is 16.5. The smallest absolute Gasteiger partial charge is 0.248 e. The third-order valence-electron chi connectivity index (χ3n) is 2.27. The van der Waals surface area contributed by atoms with Crippen LogP contribution in [0, 0.1) is 0 Å². The van der Waals surface area contributed by atoms with Gasteiger partial charge in [-0.2, -0.15) is 0 Å². The number of benzene rings is 1. The molecule has 3 heteroatoms. The molecule has 3 nitrogen and oxygen atoms in total. The molecule has 0 aliphatic heterocycles. The molecule has 16 heavy (non-hydrogen) atoms. The fraction of sp³-hybridized carbons (Fsp3) is 0.308. The molecule has 0 fully saturated rings. The van der Waals surface area contributed by atoms with Gasteiger partial charge in [-0.3, -0.25) is 4.79 Å². The van der Waals surface area contributed by atoms with Crippen molar-refractivity contribution in [2.45, 2.75) is 13.5 Å². The maximum Gasteiger partial charge on any atom is 0.248 e. The maximum absolute atomic E-state index is 11.6. The van der Waals surface area contributed by atoms with E-state index >= 15 is 0 Å². The topological polar surface area (TPSA) is 29.5 Å². The standard InChI is InChI=1S/C13H17NO2/c1-10(2)13(15)14(3)9-11-6-5-7-12(8-11)16-4/h5-8H,1,9H2,2-4H3. The number of amides is 1. The molecule has 0 aromatic heterocycles. The number of methoxy groups -OCH3 is 1. The summed E-state index contributed by atoms with van der Waals surface area (Å²) in [5.41, 5.74) is 1.59. The lowest BCUT2D eigenvalue weighted by Gasteiger charge is -2.17. The summed E-state index contributed by atoms with van der Waals surface area (Å²) in [7, 11) is 3.39. The SMILES string of the molecule is C=C(C)C(=O)N(C)Cc1cccc(OC)c1. The van der Waals surface area contributed by atoms with Gasteiger partial charge in [-0.05, 0) is 24.6 Å². The van der Waals surface area contributed by atoms with Gasteiger partial charge in [-0.15, -0.1) is 0 Å². The minimum Gasteiger partial charge on any atom is -0.497 e. The molecule has 0 radical (unpaired) electrons. The van der Waals surface area contributed by atoms with Crippen molar-refractivity contribution in [1.82, 2.24) is 4.90 Å². The number of ether oxygens (including phenoxy) is 1. The lowest BCUT2D eigenvalue weighted by molar-refractivity contribution is -0.126. The van der Waals surface area contributed by atoms with Crippen LogP contribution in [0.3, 0.4) is 0 Å². The second kappa shape index (κ2) is 5.35. The van der Waals surface area contributed by atoms with Crippen molar-refractivity contribution in [2.24, 2.45) is 0 Å². The first-order valence-corrected chi connectivity index (χ1v) is 5.08. The second-order valence-corrected chi connectivity index (χ2v) is 3.79. The summed E-state index contributed by atoms with van der Waals surface area (Å²) >= 11 is 0. The molecule has 0 saturated heterocycles. The molecule has 0 unspecified atom stereocenters. The molecule has 1 aromatic rings. The van der Waals surface area contributed by atoms with Gasteiger partial charge in [0.15, 0.2) is 0 Å². The zero-order chi connectivity index (χ0) is 12.1. The van der Waals surface area contributed by atoms with Crippen molar-refractivity contribution < 1.29 is 9.53 Å². The second-order valence-electron chi connectivity index (χ2n) is 3.79. The third kappa shape index (κ3) is 3.12. The Morgan fingerprint density at radius 1 is 1.50 bits per heavy atom. The number of carbonyl (C=O) groups is 1. The highest BCUT2D eigenvalue weighted by molar-refractivity contribution is 5.91. The highest BCUT2D eigenvalue weighted by Gasteiger charge is 2.09. The number of hydrogen-bond acceptors (Lipinski definition) is 2. The molecule has 0 N–H and O–H groups in total. The number of likely N-dealkylation sites (N-methyl/N-ethyl adjacent to an activating group) is 1. The number of nitrogens with zero attached hydrogens (tertiary/aromatic N) is 1. The largest absolute Gasteiger partial charge is 0.497 e. The van der Waals surface area contributed by atoms with E-state index in [-0.39, 0.29) is 5.91 Å². The predicted octanol–water partition coefficient (Wildman–Crippen LogP) is 2.23. The Kier molecular flexibility index (Phi) is 4.11. The van der Waals surface area contributed by atoms with E-state index in [1.165, 1.54) is 0 Å². The highest BCUT2D eigenvalue weighted by Crippen LogP contribution is 2.14. The van der Waals surface area contributed by atoms with Gasteiger partial charge in [-0.25, -0.2) is 0 Å².